The highest BCUT2D eigenvalue weighted by Crippen LogP contribution is 2.22. The van der Waals surface area contributed by atoms with Crippen molar-refractivity contribution in [1.82, 2.24) is 0 Å². The predicted molar refractivity (Wildman–Crippen MR) is 215 cm³/mol. The zero-order valence-corrected chi connectivity index (χ0v) is 33.7. The summed E-state index contributed by atoms with van der Waals surface area (Å²) in [7, 11) is 0. The SMILES string of the molecule is CC/C=C\C/C=C\C/C=C\C/C=C\CCC(=O)OC(COC(=O)CCCCCCCCCCCCCCCCCC)COC1OC(CO)C(O)C(O)C1O. The van der Waals surface area contributed by atoms with Crippen LogP contribution in [0.15, 0.2) is 48.6 Å². The van der Waals surface area contributed by atoms with Gasteiger partial charge in [-0.25, -0.2) is 0 Å². The second kappa shape index (κ2) is 35.1. The van der Waals surface area contributed by atoms with Crippen molar-refractivity contribution in [3.8, 4) is 0 Å². The molecule has 1 aliphatic rings. The third-order valence-electron chi connectivity index (χ3n) is 9.49. The lowest BCUT2D eigenvalue weighted by Crippen LogP contribution is -2.59. The third kappa shape index (κ3) is 26.5. The molecule has 6 atom stereocenters. The molecule has 0 aromatic carbocycles. The number of hydrogen-bond acceptors (Lipinski definition) is 10. The molecule has 0 aromatic heterocycles. The Balaban J connectivity index is 2.38. The molecule has 10 nitrogen and oxygen atoms in total. The van der Waals surface area contributed by atoms with E-state index in [1.165, 1.54) is 83.5 Å². The van der Waals surface area contributed by atoms with Gasteiger partial charge in [0, 0.05) is 12.8 Å². The van der Waals surface area contributed by atoms with E-state index in [1.54, 1.807) is 0 Å². The lowest BCUT2D eigenvalue weighted by atomic mass is 9.99. The van der Waals surface area contributed by atoms with Gasteiger partial charge in [-0.15, -0.1) is 0 Å². The van der Waals surface area contributed by atoms with Gasteiger partial charge in [0.2, 0.25) is 0 Å². The molecule has 54 heavy (non-hydrogen) atoms. The van der Waals surface area contributed by atoms with Crippen LogP contribution in [0.2, 0.25) is 0 Å². The number of aliphatic hydroxyl groups excluding tert-OH is 4. The third-order valence-corrected chi connectivity index (χ3v) is 9.49. The van der Waals surface area contributed by atoms with Crippen molar-refractivity contribution in [2.45, 2.75) is 198 Å². The molecule has 0 aromatic rings. The molecule has 0 spiro atoms. The highest BCUT2D eigenvalue weighted by molar-refractivity contribution is 5.70. The summed E-state index contributed by atoms with van der Waals surface area (Å²) >= 11 is 0. The zero-order chi connectivity index (χ0) is 39.5. The molecule has 1 aliphatic heterocycles. The normalized spacial score (nSPS) is 21.2. The molecular weight excluding hydrogens is 688 g/mol. The molecule has 4 N–H and O–H groups in total. The maximum atomic E-state index is 12.7. The number of aliphatic hydroxyl groups is 4. The van der Waals surface area contributed by atoms with E-state index < -0.39 is 55.4 Å². The summed E-state index contributed by atoms with van der Waals surface area (Å²) in [6, 6.07) is 0. The molecule has 0 amide bonds. The van der Waals surface area contributed by atoms with E-state index in [1.807, 2.05) is 12.2 Å². The lowest BCUT2D eigenvalue weighted by Gasteiger charge is -2.39. The topological polar surface area (TPSA) is 152 Å². The van der Waals surface area contributed by atoms with E-state index in [0.29, 0.717) is 6.42 Å². The van der Waals surface area contributed by atoms with Crippen LogP contribution in [0, 0.1) is 0 Å². The quantitative estimate of drug-likeness (QED) is 0.0285. The molecule has 1 rings (SSSR count). The molecule has 0 bridgehead atoms. The predicted octanol–water partition coefficient (Wildman–Crippen LogP) is 8.49. The Morgan fingerprint density at radius 2 is 1.09 bits per heavy atom. The number of esters is 2. The van der Waals surface area contributed by atoms with E-state index in [0.717, 1.165) is 44.9 Å². The Hall–Kier alpha value is -2.34. The monoisotopic (exact) mass is 765 g/mol. The van der Waals surface area contributed by atoms with Gasteiger partial charge in [-0.1, -0.05) is 159 Å². The number of carbonyl (C=O) groups excluding carboxylic acids is 2. The summed E-state index contributed by atoms with van der Waals surface area (Å²) in [6.45, 7) is 3.23. The smallest absolute Gasteiger partial charge is 0.306 e. The summed E-state index contributed by atoms with van der Waals surface area (Å²) in [4.78, 5) is 25.2. The number of ether oxygens (including phenoxy) is 4. The molecule has 0 radical (unpaired) electrons. The number of rotatable bonds is 34. The molecule has 1 fully saturated rings. The van der Waals surface area contributed by atoms with Gasteiger partial charge >= 0.3 is 11.9 Å². The number of carbonyl (C=O) groups is 2. The average molecular weight is 765 g/mol. The second-order valence-electron chi connectivity index (χ2n) is 14.4. The van der Waals surface area contributed by atoms with E-state index in [2.05, 4.69) is 50.3 Å². The van der Waals surface area contributed by atoms with E-state index in [-0.39, 0.29) is 26.1 Å². The Labute approximate surface area is 327 Å². The van der Waals surface area contributed by atoms with Gasteiger partial charge < -0.3 is 39.4 Å². The van der Waals surface area contributed by atoms with Crippen molar-refractivity contribution in [1.29, 1.82) is 0 Å². The second-order valence-corrected chi connectivity index (χ2v) is 14.4. The Kier molecular flexibility index (Phi) is 32.3. The van der Waals surface area contributed by atoms with Crippen LogP contribution in [-0.4, -0.2) is 89.0 Å². The Bertz CT molecular complexity index is 1020. The number of unbranched alkanes of at least 4 members (excludes halogenated alkanes) is 15. The van der Waals surface area contributed by atoms with Crippen molar-refractivity contribution < 1.29 is 49.0 Å². The van der Waals surface area contributed by atoms with Gasteiger partial charge in [-0.3, -0.25) is 9.59 Å². The summed E-state index contributed by atoms with van der Waals surface area (Å²) in [5, 5.41) is 40.0. The van der Waals surface area contributed by atoms with Crippen LogP contribution in [0.25, 0.3) is 0 Å². The van der Waals surface area contributed by atoms with Crippen LogP contribution in [0.3, 0.4) is 0 Å². The lowest BCUT2D eigenvalue weighted by molar-refractivity contribution is -0.305. The first-order valence-corrected chi connectivity index (χ1v) is 21.2. The van der Waals surface area contributed by atoms with E-state index in [9.17, 15) is 30.0 Å². The molecular formula is C44H76O10. The highest BCUT2D eigenvalue weighted by Gasteiger charge is 2.44. The highest BCUT2D eigenvalue weighted by atomic mass is 16.7. The minimum Gasteiger partial charge on any atom is -0.462 e. The van der Waals surface area contributed by atoms with E-state index >= 15 is 0 Å². The fraction of sp³-hybridized carbons (Fsp3) is 0.773. The van der Waals surface area contributed by atoms with Crippen LogP contribution in [-0.2, 0) is 28.5 Å². The zero-order valence-electron chi connectivity index (χ0n) is 33.7. The van der Waals surface area contributed by atoms with Crippen molar-refractivity contribution in [3.63, 3.8) is 0 Å². The first-order chi connectivity index (χ1) is 26.3. The molecule has 0 aliphatic carbocycles. The number of hydrogen-bond donors (Lipinski definition) is 4. The van der Waals surface area contributed by atoms with Crippen LogP contribution in [0.5, 0.6) is 0 Å². The van der Waals surface area contributed by atoms with E-state index in [4.69, 9.17) is 18.9 Å². The largest absolute Gasteiger partial charge is 0.462 e. The molecule has 10 heteroatoms. The summed E-state index contributed by atoms with van der Waals surface area (Å²) in [6.07, 6.45) is 32.8. The van der Waals surface area contributed by atoms with Crippen molar-refractivity contribution in [2.24, 2.45) is 0 Å². The Morgan fingerprint density at radius 3 is 1.61 bits per heavy atom. The van der Waals surface area contributed by atoms with Gasteiger partial charge in [-0.2, -0.15) is 0 Å². The fourth-order valence-electron chi connectivity index (χ4n) is 6.14. The van der Waals surface area contributed by atoms with Crippen LogP contribution in [0.4, 0.5) is 0 Å². The van der Waals surface area contributed by atoms with Crippen molar-refractivity contribution in [3.05, 3.63) is 48.6 Å². The number of allylic oxidation sites excluding steroid dienone is 8. The molecule has 312 valence electrons. The van der Waals surface area contributed by atoms with Gasteiger partial charge in [0.25, 0.3) is 0 Å². The van der Waals surface area contributed by atoms with Crippen molar-refractivity contribution >= 4 is 11.9 Å². The summed E-state index contributed by atoms with van der Waals surface area (Å²) in [5.74, 6) is -0.900. The molecule has 1 heterocycles. The first-order valence-electron chi connectivity index (χ1n) is 21.2. The van der Waals surface area contributed by atoms with Crippen molar-refractivity contribution in [2.75, 3.05) is 19.8 Å². The summed E-state index contributed by atoms with van der Waals surface area (Å²) < 4.78 is 22.0. The molecule has 0 saturated carbocycles. The van der Waals surface area contributed by atoms with Crippen LogP contribution in [0.1, 0.15) is 162 Å². The minimum absolute atomic E-state index is 0.109. The fourth-order valence-corrected chi connectivity index (χ4v) is 6.14. The maximum Gasteiger partial charge on any atom is 0.306 e. The standard InChI is InChI=1S/C44H76O10/c1-3-5-7-9-11-13-15-17-18-19-21-22-24-26-28-30-32-39(46)51-35-37(36-52-44-43(50)42(49)41(48)38(34-45)54-44)53-40(47)33-31-29-27-25-23-20-16-14-12-10-8-6-4-2/h6,8,12,14,20,23,27,29,37-38,41-45,48-50H,3-5,7,9-11,13,15-19,21-22,24-26,28,30-36H2,1-2H3/b8-6-,14-12-,23-20-,29-27-. The summed E-state index contributed by atoms with van der Waals surface area (Å²) in [5.41, 5.74) is 0. The van der Waals surface area contributed by atoms with Crippen LogP contribution >= 0.6 is 0 Å². The van der Waals surface area contributed by atoms with Gasteiger partial charge in [0.1, 0.15) is 31.0 Å². The average Bonchev–Trinajstić information content (AvgIpc) is 3.17. The van der Waals surface area contributed by atoms with Gasteiger partial charge in [-0.05, 0) is 38.5 Å². The first kappa shape index (κ1) is 49.7. The van der Waals surface area contributed by atoms with Crippen LogP contribution < -0.4 is 0 Å². The van der Waals surface area contributed by atoms with Gasteiger partial charge in [0.15, 0.2) is 12.4 Å². The Morgan fingerprint density at radius 1 is 0.593 bits per heavy atom. The maximum absolute atomic E-state index is 12.7. The molecule has 1 saturated heterocycles. The minimum atomic E-state index is -1.61. The molecule has 6 unspecified atom stereocenters. The van der Waals surface area contributed by atoms with Gasteiger partial charge in [0.05, 0.1) is 13.2 Å².